The van der Waals surface area contributed by atoms with Crippen LogP contribution in [0, 0.1) is 17.3 Å². The molecule has 0 aromatic heterocycles. The van der Waals surface area contributed by atoms with Gasteiger partial charge in [0.15, 0.2) is 0 Å². The van der Waals surface area contributed by atoms with Gasteiger partial charge < -0.3 is 5.11 Å². The number of aryl methyl sites for hydroxylation is 1. The summed E-state index contributed by atoms with van der Waals surface area (Å²) in [4.78, 5) is 12.3. The van der Waals surface area contributed by atoms with Gasteiger partial charge >= 0.3 is 51.4 Å². The molecule has 4 rings (SSSR count). The molecule has 1 N–H and O–H groups in total. The number of benzene rings is 1. The van der Waals surface area contributed by atoms with E-state index in [9.17, 15) is 9.90 Å². The molecule has 0 amide bonds. The molecule has 1 aromatic rings. The van der Waals surface area contributed by atoms with Crippen molar-refractivity contribution in [2.75, 3.05) is 0 Å². The fraction of sp³-hybridized carbons (Fsp3) is 0.611. The fourth-order valence-electron chi connectivity index (χ4n) is 5.34. The summed E-state index contributed by atoms with van der Waals surface area (Å²) in [6.45, 7) is 2.22. The molecule has 0 unspecified atom stereocenters. The Labute approximate surface area is 169 Å². The maximum absolute atomic E-state index is 12.3. The second-order valence-corrected chi connectivity index (χ2v) is 7.22. The Balaban J connectivity index is 0.00000132. The number of rotatable bonds is 0. The molecular formula is C18H23KO2. The predicted molar refractivity (Wildman–Crippen MR) is 84.9 cm³/mol. The number of phenolic OH excluding ortho intramolecular Hbond substituents is 1. The minimum atomic E-state index is -0.0322. The second kappa shape index (κ2) is 5.75. The first-order chi connectivity index (χ1) is 9.59. The van der Waals surface area contributed by atoms with E-state index in [1.54, 1.807) is 0 Å². The third-order valence-electron chi connectivity index (χ3n) is 6.42. The van der Waals surface area contributed by atoms with Gasteiger partial charge in [0.05, 0.1) is 0 Å². The van der Waals surface area contributed by atoms with Gasteiger partial charge in [-0.05, 0) is 73.1 Å². The van der Waals surface area contributed by atoms with Gasteiger partial charge in [-0.25, -0.2) is 0 Å². The first kappa shape index (κ1) is 16.2. The fourth-order valence-corrected chi connectivity index (χ4v) is 5.34. The van der Waals surface area contributed by atoms with Crippen LogP contribution in [0.25, 0.3) is 0 Å². The average Bonchev–Trinajstić information content (AvgIpc) is 2.74. The van der Waals surface area contributed by atoms with Gasteiger partial charge in [0.2, 0.25) is 0 Å². The zero-order valence-electron chi connectivity index (χ0n) is 12.1. The van der Waals surface area contributed by atoms with Crippen LogP contribution in [-0.2, 0) is 11.2 Å². The van der Waals surface area contributed by atoms with E-state index in [2.05, 4.69) is 13.0 Å². The van der Waals surface area contributed by atoms with Crippen molar-refractivity contribution in [2.45, 2.75) is 51.4 Å². The molecule has 1 aromatic carbocycles. The molecule has 108 valence electrons. The molecule has 0 saturated heterocycles. The molecule has 3 aliphatic rings. The number of carbonyl (C=O) groups is 1. The maximum atomic E-state index is 12.3. The molecule has 21 heavy (non-hydrogen) atoms. The van der Waals surface area contributed by atoms with Crippen molar-refractivity contribution in [1.82, 2.24) is 0 Å². The number of hydrogen-bond acceptors (Lipinski definition) is 2. The molecule has 0 radical (unpaired) electrons. The number of hydrogen-bond donors (Lipinski definition) is 1. The van der Waals surface area contributed by atoms with Crippen molar-refractivity contribution in [3.05, 3.63) is 29.3 Å². The van der Waals surface area contributed by atoms with Crippen molar-refractivity contribution in [2.24, 2.45) is 17.3 Å². The number of fused-ring (bicyclic) bond motifs is 5. The summed E-state index contributed by atoms with van der Waals surface area (Å²) in [5.74, 6) is 2.78. The van der Waals surface area contributed by atoms with Gasteiger partial charge in [0, 0.05) is 11.8 Å². The Morgan fingerprint density at radius 1 is 1.19 bits per heavy atom. The molecular weight excluding hydrogens is 287 g/mol. The van der Waals surface area contributed by atoms with Gasteiger partial charge in [-0.3, -0.25) is 4.79 Å². The van der Waals surface area contributed by atoms with E-state index in [4.69, 9.17) is 0 Å². The summed E-state index contributed by atoms with van der Waals surface area (Å²) < 4.78 is 0. The third-order valence-corrected chi connectivity index (χ3v) is 6.42. The summed E-state index contributed by atoms with van der Waals surface area (Å²) in [6, 6.07) is 5.90. The van der Waals surface area contributed by atoms with Gasteiger partial charge in [-0.15, -0.1) is 0 Å². The monoisotopic (exact) mass is 310 g/mol. The van der Waals surface area contributed by atoms with E-state index in [-0.39, 0.29) is 56.8 Å². The Morgan fingerprint density at radius 2 is 2.00 bits per heavy atom. The van der Waals surface area contributed by atoms with Crippen molar-refractivity contribution in [3.63, 3.8) is 0 Å². The Bertz CT molecular complexity index is 583. The van der Waals surface area contributed by atoms with Crippen molar-refractivity contribution in [1.29, 1.82) is 0 Å². The van der Waals surface area contributed by atoms with Crippen LogP contribution in [0.2, 0.25) is 0 Å². The minimum absolute atomic E-state index is 0. The SMILES string of the molecule is C[C@]12CC[C@@H]3c4ccc(O)cc4CC[C@H]3[C@@H]1CCC2=O.[KH]. The molecule has 0 heterocycles. The molecule has 3 heteroatoms. The predicted octanol–water partition coefficient (Wildman–Crippen LogP) is 3.17. The third kappa shape index (κ3) is 2.40. The molecule has 2 nitrogen and oxygen atoms in total. The van der Waals surface area contributed by atoms with Crippen molar-refractivity contribution < 1.29 is 9.90 Å². The molecule has 0 spiro atoms. The molecule has 4 atom stereocenters. The normalized spacial score (nSPS) is 37.2. The standard InChI is InChI=1S/C18H22O2.K.H/c1-18-9-8-14-13-5-3-12(19)10-11(13)2-4-15(14)16(18)6-7-17(18)20;;/h3,5,10,14-16,19H,2,4,6-9H2,1H3;;/t14-,15-,16+,18+;;/m1../s1. The summed E-state index contributed by atoms with van der Waals surface area (Å²) in [6.07, 6.45) is 6.34. The molecule has 3 aliphatic carbocycles. The van der Waals surface area contributed by atoms with Crippen molar-refractivity contribution >= 4 is 57.2 Å². The topological polar surface area (TPSA) is 37.3 Å². The van der Waals surface area contributed by atoms with Crippen LogP contribution < -0.4 is 0 Å². The molecule has 0 bridgehead atoms. The summed E-state index contributed by atoms with van der Waals surface area (Å²) in [5.41, 5.74) is 2.75. The number of Topliss-reactive ketones (excluding diaryl/α,β-unsaturated/α-hetero) is 1. The summed E-state index contributed by atoms with van der Waals surface area (Å²) in [5, 5.41) is 9.67. The Kier molecular flexibility index (Phi) is 4.44. The van der Waals surface area contributed by atoms with E-state index < -0.39 is 0 Å². The van der Waals surface area contributed by atoms with E-state index in [1.165, 1.54) is 17.5 Å². The van der Waals surface area contributed by atoms with E-state index in [0.29, 0.717) is 29.3 Å². The average molecular weight is 310 g/mol. The van der Waals surface area contributed by atoms with Crippen LogP contribution in [0.15, 0.2) is 18.2 Å². The van der Waals surface area contributed by atoms with E-state index in [0.717, 1.165) is 32.1 Å². The molecule has 2 fully saturated rings. The van der Waals surface area contributed by atoms with Crippen LogP contribution in [0.1, 0.15) is 56.1 Å². The second-order valence-electron chi connectivity index (χ2n) is 7.22. The number of carbonyl (C=O) groups excluding carboxylic acids is 1. The van der Waals surface area contributed by atoms with Crippen molar-refractivity contribution in [3.8, 4) is 5.75 Å². The number of ketones is 1. The van der Waals surface area contributed by atoms with E-state index in [1.807, 2.05) is 12.1 Å². The van der Waals surface area contributed by atoms with Gasteiger partial charge in [-0.1, -0.05) is 13.0 Å². The Morgan fingerprint density at radius 3 is 2.81 bits per heavy atom. The molecule has 0 aliphatic heterocycles. The van der Waals surface area contributed by atoms with Gasteiger partial charge in [-0.2, -0.15) is 0 Å². The van der Waals surface area contributed by atoms with Crippen LogP contribution in [0.5, 0.6) is 5.75 Å². The summed E-state index contributed by atoms with van der Waals surface area (Å²) >= 11 is 0. The van der Waals surface area contributed by atoms with Gasteiger partial charge in [0.1, 0.15) is 11.5 Å². The van der Waals surface area contributed by atoms with Crippen LogP contribution in [-0.4, -0.2) is 62.3 Å². The quantitative estimate of drug-likeness (QED) is 0.747. The van der Waals surface area contributed by atoms with E-state index >= 15 is 0 Å². The first-order valence-electron chi connectivity index (χ1n) is 7.95. The summed E-state index contributed by atoms with van der Waals surface area (Å²) in [7, 11) is 0. The number of phenols is 1. The Hall–Kier alpha value is 0.326. The van der Waals surface area contributed by atoms with Crippen LogP contribution in [0.4, 0.5) is 0 Å². The number of aromatic hydroxyl groups is 1. The zero-order chi connectivity index (χ0) is 13.9. The van der Waals surface area contributed by atoms with Crippen LogP contribution in [0.3, 0.4) is 0 Å². The van der Waals surface area contributed by atoms with Crippen LogP contribution >= 0.6 is 0 Å². The molecule has 2 saturated carbocycles. The zero-order valence-corrected chi connectivity index (χ0v) is 12.1. The van der Waals surface area contributed by atoms with Gasteiger partial charge in [0.25, 0.3) is 0 Å². The first-order valence-corrected chi connectivity index (χ1v) is 7.95.